The number of benzene rings is 2. The van der Waals surface area contributed by atoms with Gasteiger partial charge in [-0.05, 0) is 55.7 Å². The summed E-state index contributed by atoms with van der Waals surface area (Å²) >= 11 is 5.93. The topological polar surface area (TPSA) is 47.6 Å². The Kier molecular flexibility index (Phi) is 6.92. The van der Waals surface area contributed by atoms with E-state index < -0.39 is 5.41 Å². The maximum atomic E-state index is 12.7. The molecule has 0 saturated carbocycles. The van der Waals surface area contributed by atoms with Crippen molar-refractivity contribution in [1.82, 2.24) is 5.32 Å². The van der Waals surface area contributed by atoms with Crippen molar-refractivity contribution in [3.63, 3.8) is 0 Å². The fourth-order valence-electron chi connectivity index (χ4n) is 2.55. The lowest BCUT2D eigenvalue weighted by Gasteiger charge is -2.24. The van der Waals surface area contributed by atoms with Crippen molar-refractivity contribution in [1.29, 1.82) is 0 Å². The molecule has 140 valence electrons. The van der Waals surface area contributed by atoms with E-state index in [0.717, 1.165) is 17.5 Å². The van der Waals surface area contributed by atoms with Gasteiger partial charge in [-0.3, -0.25) is 4.79 Å². The second kappa shape index (κ2) is 8.95. The number of carbonyl (C=O) groups excluding carboxylic acids is 1. The summed E-state index contributed by atoms with van der Waals surface area (Å²) in [5, 5.41) is 3.65. The molecular formula is C21H26ClNO3. The molecule has 0 aliphatic heterocycles. The Morgan fingerprint density at radius 3 is 2.42 bits per heavy atom. The zero-order valence-corrected chi connectivity index (χ0v) is 16.5. The smallest absolute Gasteiger partial charge is 0.230 e. The van der Waals surface area contributed by atoms with Crippen LogP contribution in [0, 0.1) is 0 Å². The number of methoxy groups -OCH3 is 1. The van der Waals surface area contributed by atoms with Gasteiger partial charge in [0.15, 0.2) is 11.5 Å². The summed E-state index contributed by atoms with van der Waals surface area (Å²) in [7, 11) is 1.61. The third kappa shape index (κ3) is 4.92. The Labute approximate surface area is 160 Å². The van der Waals surface area contributed by atoms with E-state index >= 15 is 0 Å². The van der Waals surface area contributed by atoms with Crippen LogP contribution in [0.25, 0.3) is 0 Å². The number of halogens is 1. The second-order valence-electron chi connectivity index (χ2n) is 6.65. The lowest BCUT2D eigenvalue weighted by atomic mass is 9.83. The highest BCUT2D eigenvalue weighted by Gasteiger charge is 2.29. The predicted octanol–water partition coefficient (Wildman–Crippen LogP) is 4.73. The molecule has 0 radical (unpaired) electrons. The van der Waals surface area contributed by atoms with Crippen LogP contribution >= 0.6 is 11.6 Å². The molecule has 2 aromatic carbocycles. The third-order valence-corrected chi connectivity index (χ3v) is 4.53. The zero-order chi connectivity index (χ0) is 19.2. The Morgan fingerprint density at radius 2 is 1.81 bits per heavy atom. The Hall–Kier alpha value is -2.20. The highest BCUT2D eigenvalue weighted by molar-refractivity contribution is 6.30. The van der Waals surface area contributed by atoms with Crippen LogP contribution in [0.15, 0.2) is 42.5 Å². The first-order chi connectivity index (χ1) is 12.4. The molecule has 0 unspecified atom stereocenters. The molecular weight excluding hydrogens is 350 g/mol. The van der Waals surface area contributed by atoms with Gasteiger partial charge in [-0.15, -0.1) is 0 Å². The van der Waals surface area contributed by atoms with E-state index in [1.807, 2.05) is 44.2 Å². The van der Waals surface area contributed by atoms with Crippen LogP contribution in [-0.4, -0.2) is 19.6 Å². The molecule has 0 fully saturated rings. The van der Waals surface area contributed by atoms with Gasteiger partial charge in [-0.25, -0.2) is 0 Å². The number of rotatable bonds is 8. The molecule has 0 bridgehead atoms. The predicted molar refractivity (Wildman–Crippen MR) is 105 cm³/mol. The molecule has 0 aliphatic carbocycles. The summed E-state index contributed by atoms with van der Waals surface area (Å²) in [6.07, 6.45) is 0.931. The van der Waals surface area contributed by atoms with Gasteiger partial charge < -0.3 is 14.8 Å². The van der Waals surface area contributed by atoms with Crippen LogP contribution in [0.1, 0.15) is 38.3 Å². The van der Waals surface area contributed by atoms with E-state index in [2.05, 4.69) is 12.2 Å². The highest BCUT2D eigenvalue weighted by atomic mass is 35.5. The minimum atomic E-state index is -0.654. The van der Waals surface area contributed by atoms with E-state index in [4.69, 9.17) is 21.1 Å². The molecule has 5 heteroatoms. The summed E-state index contributed by atoms with van der Waals surface area (Å²) in [5.74, 6) is 1.33. The number of amides is 1. The van der Waals surface area contributed by atoms with Crippen molar-refractivity contribution < 1.29 is 14.3 Å². The Bertz CT molecular complexity index is 741. The maximum absolute atomic E-state index is 12.7. The summed E-state index contributed by atoms with van der Waals surface area (Å²) in [6.45, 7) is 6.91. The Balaban J connectivity index is 2.05. The zero-order valence-electron chi connectivity index (χ0n) is 15.8. The number of hydrogen-bond acceptors (Lipinski definition) is 3. The van der Waals surface area contributed by atoms with Gasteiger partial charge in [-0.2, -0.15) is 0 Å². The van der Waals surface area contributed by atoms with Crippen LogP contribution < -0.4 is 14.8 Å². The van der Waals surface area contributed by atoms with Crippen molar-refractivity contribution >= 4 is 17.5 Å². The van der Waals surface area contributed by atoms with Gasteiger partial charge in [0.1, 0.15) is 0 Å². The first-order valence-electron chi connectivity index (χ1n) is 8.72. The lowest BCUT2D eigenvalue weighted by molar-refractivity contribution is -0.125. The van der Waals surface area contributed by atoms with Crippen LogP contribution in [0.2, 0.25) is 5.02 Å². The van der Waals surface area contributed by atoms with Crippen LogP contribution in [0.3, 0.4) is 0 Å². The largest absolute Gasteiger partial charge is 0.493 e. The lowest BCUT2D eigenvalue weighted by Crippen LogP contribution is -2.39. The minimum absolute atomic E-state index is 0.0508. The molecule has 2 aromatic rings. The highest BCUT2D eigenvalue weighted by Crippen LogP contribution is 2.29. The van der Waals surface area contributed by atoms with Gasteiger partial charge in [0.05, 0.1) is 19.1 Å². The molecule has 0 spiro atoms. The molecule has 2 rings (SSSR count). The van der Waals surface area contributed by atoms with Crippen molar-refractivity contribution in [2.45, 2.75) is 39.2 Å². The van der Waals surface area contributed by atoms with Crippen molar-refractivity contribution in [3.05, 3.63) is 58.6 Å². The molecule has 4 nitrogen and oxygen atoms in total. The van der Waals surface area contributed by atoms with Gasteiger partial charge in [-0.1, -0.05) is 36.7 Å². The van der Waals surface area contributed by atoms with Gasteiger partial charge in [0, 0.05) is 11.6 Å². The fourth-order valence-corrected chi connectivity index (χ4v) is 2.68. The monoisotopic (exact) mass is 375 g/mol. The number of ether oxygens (including phenoxy) is 2. The SMILES string of the molecule is CCCOc1ccc(CNC(=O)C(C)(C)c2ccc(Cl)cc2)cc1OC. The quantitative estimate of drug-likeness (QED) is 0.725. The van der Waals surface area contributed by atoms with Crippen molar-refractivity contribution in [3.8, 4) is 11.5 Å². The average molecular weight is 376 g/mol. The van der Waals surface area contributed by atoms with Crippen molar-refractivity contribution in [2.24, 2.45) is 0 Å². The molecule has 1 amide bonds. The van der Waals surface area contributed by atoms with Crippen LogP contribution in [0.5, 0.6) is 11.5 Å². The molecule has 0 saturated heterocycles. The first-order valence-corrected chi connectivity index (χ1v) is 9.10. The summed E-state index contributed by atoms with van der Waals surface area (Å²) in [5.41, 5.74) is 1.21. The van der Waals surface area contributed by atoms with Gasteiger partial charge in [0.2, 0.25) is 5.91 Å². The summed E-state index contributed by atoms with van der Waals surface area (Å²) in [4.78, 5) is 12.7. The van der Waals surface area contributed by atoms with E-state index in [9.17, 15) is 4.79 Å². The standard InChI is InChI=1S/C21H26ClNO3/c1-5-12-26-18-11-6-15(13-19(18)25-4)14-23-20(24)21(2,3)16-7-9-17(22)10-8-16/h6-11,13H,5,12,14H2,1-4H3,(H,23,24). The van der Waals surface area contributed by atoms with Crippen LogP contribution in [-0.2, 0) is 16.8 Å². The minimum Gasteiger partial charge on any atom is -0.493 e. The number of nitrogens with one attached hydrogen (secondary N) is 1. The molecule has 1 N–H and O–H groups in total. The van der Waals surface area contributed by atoms with E-state index in [0.29, 0.717) is 29.7 Å². The molecule has 26 heavy (non-hydrogen) atoms. The molecule has 0 aliphatic rings. The normalized spacial score (nSPS) is 11.1. The van der Waals surface area contributed by atoms with Gasteiger partial charge >= 0.3 is 0 Å². The molecule has 0 heterocycles. The number of carbonyl (C=O) groups is 1. The summed E-state index contributed by atoms with van der Waals surface area (Å²) < 4.78 is 11.0. The molecule has 0 aromatic heterocycles. The fraction of sp³-hybridized carbons (Fsp3) is 0.381. The maximum Gasteiger partial charge on any atom is 0.230 e. The van der Waals surface area contributed by atoms with Gasteiger partial charge in [0.25, 0.3) is 0 Å². The van der Waals surface area contributed by atoms with Crippen molar-refractivity contribution in [2.75, 3.05) is 13.7 Å². The summed E-state index contributed by atoms with van der Waals surface area (Å²) in [6, 6.07) is 13.1. The van der Waals surface area contributed by atoms with E-state index in [-0.39, 0.29) is 5.91 Å². The number of hydrogen-bond donors (Lipinski definition) is 1. The van der Waals surface area contributed by atoms with E-state index in [1.54, 1.807) is 19.2 Å². The molecule has 0 atom stereocenters. The first kappa shape index (κ1) is 20.1. The Morgan fingerprint density at radius 1 is 1.12 bits per heavy atom. The average Bonchev–Trinajstić information content (AvgIpc) is 2.64. The van der Waals surface area contributed by atoms with Crippen LogP contribution in [0.4, 0.5) is 0 Å². The third-order valence-electron chi connectivity index (χ3n) is 4.28. The van der Waals surface area contributed by atoms with E-state index in [1.165, 1.54) is 0 Å². The second-order valence-corrected chi connectivity index (χ2v) is 7.08.